The molecule has 9 nitrogen and oxygen atoms in total. The Labute approximate surface area is 178 Å². The first-order chi connectivity index (χ1) is 14.4. The fraction of sp³-hybridized carbons (Fsp3) is 0.400. The quantitative estimate of drug-likeness (QED) is 0.720. The molecule has 1 N–H and O–H groups in total. The summed E-state index contributed by atoms with van der Waals surface area (Å²) in [5.74, 6) is -0.0215. The summed E-state index contributed by atoms with van der Waals surface area (Å²) < 4.78 is 5.15. The average Bonchev–Trinajstić information content (AvgIpc) is 3.38. The fourth-order valence-electron chi connectivity index (χ4n) is 3.72. The number of thiazole rings is 1. The number of urea groups is 1. The van der Waals surface area contributed by atoms with Gasteiger partial charge in [0.05, 0.1) is 7.11 Å². The number of rotatable bonds is 5. The van der Waals surface area contributed by atoms with Crippen LogP contribution in [0, 0.1) is 0 Å². The number of carbonyl (C=O) groups excluding carboxylic acids is 3. The molecule has 1 aromatic heterocycles. The minimum atomic E-state index is -1.22. The molecule has 1 unspecified atom stereocenters. The third-order valence-electron chi connectivity index (χ3n) is 5.56. The molecule has 0 radical (unpaired) electrons. The second-order valence-corrected chi connectivity index (χ2v) is 8.23. The zero-order valence-electron chi connectivity index (χ0n) is 16.8. The fourth-order valence-corrected chi connectivity index (χ4v) is 4.41. The summed E-state index contributed by atoms with van der Waals surface area (Å²) in [5.41, 5.74) is -0.582. The number of hydrogen-bond donors (Lipinski definition) is 1. The van der Waals surface area contributed by atoms with Crippen molar-refractivity contribution in [2.45, 2.75) is 12.5 Å². The number of anilines is 1. The maximum Gasteiger partial charge on any atom is 0.325 e. The van der Waals surface area contributed by atoms with E-state index in [1.807, 2.05) is 5.38 Å². The lowest BCUT2D eigenvalue weighted by Gasteiger charge is -2.35. The highest BCUT2D eigenvalue weighted by atomic mass is 32.1. The van der Waals surface area contributed by atoms with Gasteiger partial charge in [-0.05, 0) is 24.6 Å². The van der Waals surface area contributed by atoms with Gasteiger partial charge in [0.2, 0.25) is 5.91 Å². The monoisotopic (exact) mass is 429 g/mol. The topological polar surface area (TPSA) is 95.1 Å². The number of hydrogen-bond acceptors (Lipinski definition) is 7. The van der Waals surface area contributed by atoms with Gasteiger partial charge < -0.3 is 19.9 Å². The van der Waals surface area contributed by atoms with Crippen molar-refractivity contribution in [2.75, 3.05) is 44.7 Å². The first kappa shape index (κ1) is 20.1. The third-order valence-corrected chi connectivity index (χ3v) is 6.39. The van der Waals surface area contributed by atoms with Crippen LogP contribution in [0.5, 0.6) is 5.75 Å². The lowest BCUT2D eigenvalue weighted by atomic mass is 9.92. The van der Waals surface area contributed by atoms with E-state index in [9.17, 15) is 14.4 Å². The zero-order valence-corrected chi connectivity index (χ0v) is 17.6. The highest BCUT2D eigenvalue weighted by Gasteiger charge is 2.49. The van der Waals surface area contributed by atoms with Crippen LogP contribution in [-0.2, 0) is 15.1 Å². The van der Waals surface area contributed by atoms with E-state index in [2.05, 4.69) is 15.2 Å². The van der Waals surface area contributed by atoms with Gasteiger partial charge in [0.1, 0.15) is 17.8 Å². The number of benzene rings is 1. The Morgan fingerprint density at radius 2 is 1.90 bits per heavy atom. The van der Waals surface area contributed by atoms with Crippen molar-refractivity contribution >= 4 is 34.3 Å². The van der Waals surface area contributed by atoms with Crippen LogP contribution in [0.15, 0.2) is 35.8 Å². The van der Waals surface area contributed by atoms with E-state index < -0.39 is 17.5 Å². The van der Waals surface area contributed by atoms with Crippen molar-refractivity contribution in [3.05, 3.63) is 41.4 Å². The number of piperazine rings is 1. The van der Waals surface area contributed by atoms with Gasteiger partial charge in [0, 0.05) is 37.8 Å². The summed E-state index contributed by atoms with van der Waals surface area (Å²) in [7, 11) is 1.56. The van der Waals surface area contributed by atoms with E-state index in [0.717, 1.165) is 10.0 Å². The molecule has 10 heteroatoms. The van der Waals surface area contributed by atoms with Gasteiger partial charge in [0.25, 0.3) is 5.91 Å². The van der Waals surface area contributed by atoms with Crippen LogP contribution in [0.3, 0.4) is 0 Å². The number of nitrogens with zero attached hydrogens (tertiary/aromatic N) is 4. The molecule has 2 fully saturated rings. The Balaban J connectivity index is 1.40. The maximum absolute atomic E-state index is 13.0. The van der Waals surface area contributed by atoms with E-state index in [4.69, 9.17) is 4.74 Å². The second kappa shape index (κ2) is 7.94. The van der Waals surface area contributed by atoms with Gasteiger partial charge in [-0.2, -0.15) is 0 Å². The summed E-state index contributed by atoms with van der Waals surface area (Å²) in [6, 6.07) is 6.37. The smallest absolute Gasteiger partial charge is 0.325 e. The van der Waals surface area contributed by atoms with Gasteiger partial charge in [-0.15, -0.1) is 11.3 Å². The molecule has 4 rings (SSSR count). The molecule has 0 aliphatic carbocycles. The van der Waals surface area contributed by atoms with Gasteiger partial charge in [-0.1, -0.05) is 12.1 Å². The maximum atomic E-state index is 13.0. The molecule has 2 aliphatic rings. The van der Waals surface area contributed by atoms with Crippen molar-refractivity contribution in [2.24, 2.45) is 0 Å². The zero-order chi connectivity index (χ0) is 21.3. The molecule has 2 aliphatic heterocycles. The van der Waals surface area contributed by atoms with Gasteiger partial charge >= 0.3 is 6.03 Å². The molecule has 158 valence electrons. The Morgan fingerprint density at radius 1 is 1.20 bits per heavy atom. The first-order valence-corrected chi connectivity index (χ1v) is 10.5. The normalized spacial score (nSPS) is 21.7. The molecule has 30 heavy (non-hydrogen) atoms. The molecule has 2 saturated heterocycles. The molecule has 4 amide bonds. The second-order valence-electron chi connectivity index (χ2n) is 7.36. The van der Waals surface area contributed by atoms with Crippen LogP contribution < -0.4 is 15.0 Å². The number of ether oxygens (including phenoxy) is 1. The Hall–Kier alpha value is -3.14. The molecule has 1 aromatic carbocycles. The van der Waals surface area contributed by atoms with Crippen molar-refractivity contribution in [3.63, 3.8) is 0 Å². The van der Waals surface area contributed by atoms with Crippen molar-refractivity contribution in [1.29, 1.82) is 0 Å². The Kier molecular flexibility index (Phi) is 5.33. The van der Waals surface area contributed by atoms with E-state index in [-0.39, 0.29) is 12.5 Å². The molecule has 1 atom stereocenters. The highest BCUT2D eigenvalue weighted by Crippen LogP contribution is 2.30. The number of nitrogens with one attached hydrogen (secondary N) is 1. The van der Waals surface area contributed by atoms with Crippen molar-refractivity contribution in [3.8, 4) is 5.75 Å². The van der Waals surface area contributed by atoms with Crippen LogP contribution in [0.25, 0.3) is 0 Å². The molecule has 0 saturated carbocycles. The number of carbonyl (C=O) groups is 3. The lowest BCUT2D eigenvalue weighted by molar-refractivity contribution is -0.139. The molecule has 0 bridgehead atoms. The van der Waals surface area contributed by atoms with Crippen molar-refractivity contribution in [1.82, 2.24) is 20.1 Å². The minimum absolute atomic E-state index is 0.240. The number of amides is 4. The van der Waals surface area contributed by atoms with E-state index in [1.165, 1.54) is 0 Å². The largest absolute Gasteiger partial charge is 0.497 e. The Bertz CT molecular complexity index is 941. The lowest BCUT2D eigenvalue weighted by Crippen LogP contribution is -2.52. The molecular weight excluding hydrogens is 406 g/mol. The number of imide groups is 1. The summed E-state index contributed by atoms with van der Waals surface area (Å²) >= 11 is 1.56. The van der Waals surface area contributed by atoms with Crippen molar-refractivity contribution < 1.29 is 19.1 Å². The predicted octanol–water partition coefficient (Wildman–Crippen LogP) is 1.27. The first-order valence-electron chi connectivity index (χ1n) is 9.63. The van der Waals surface area contributed by atoms with Crippen LogP contribution >= 0.6 is 11.3 Å². The summed E-state index contributed by atoms with van der Waals surface area (Å²) in [6.07, 6.45) is 1.76. The van der Waals surface area contributed by atoms with Gasteiger partial charge in [0.15, 0.2) is 5.13 Å². The van der Waals surface area contributed by atoms with Gasteiger partial charge in [-0.3, -0.25) is 14.5 Å². The molecule has 2 aromatic rings. The number of aromatic nitrogens is 1. The summed E-state index contributed by atoms with van der Waals surface area (Å²) in [5, 5.41) is 5.59. The van der Waals surface area contributed by atoms with Crippen LogP contribution in [0.1, 0.15) is 12.5 Å². The van der Waals surface area contributed by atoms with Crippen LogP contribution in [0.4, 0.5) is 9.93 Å². The summed E-state index contributed by atoms with van der Waals surface area (Å²) in [4.78, 5) is 47.4. The van der Waals surface area contributed by atoms with E-state index >= 15 is 0 Å². The third kappa shape index (κ3) is 3.58. The van der Waals surface area contributed by atoms with Crippen LogP contribution in [0.2, 0.25) is 0 Å². The molecular formula is C20H23N5O4S. The van der Waals surface area contributed by atoms with Crippen LogP contribution in [-0.4, -0.2) is 72.5 Å². The van der Waals surface area contributed by atoms with E-state index in [1.54, 1.807) is 60.7 Å². The molecule has 3 heterocycles. The van der Waals surface area contributed by atoms with Gasteiger partial charge in [-0.25, -0.2) is 9.78 Å². The Morgan fingerprint density at radius 3 is 2.50 bits per heavy atom. The SMILES string of the molecule is COc1ccc(C2(C)NC(=O)N(CC(=O)N3CCN(c4nccs4)CC3)C2=O)cc1. The predicted molar refractivity (Wildman–Crippen MR) is 111 cm³/mol. The average molecular weight is 430 g/mol. The molecule has 0 spiro atoms. The highest BCUT2D eigenvalue weighted by molar-refractivity contribution is 7.13. The standard InChI is InChI=1S/C20H23N5O4S/c1-20(14-3-5-15(29-2)6-4-14)17(27)25(18(28)22-20)13-16(26)23-8-10-24(11-9-23)19-21-7-12-30-19/h3-7,12H,8-11,13H2,1-2H3,(H,22,28). The van der Waals surface area contributed by atoms with E-state index in [0.29, 0.717) is 37.5 Å². The number of methoxy groups -OCH3 is 1. The minimum Gasteiger partial charge on any atom is -0.497 e. The summed E-state index contributed by atoms with van der Waals surface area (Å²) in [6.45, 7) is 3.77.